The van der Waals surface area contributed by atoms with Crippen LogP contribution in [0.5, 0.6) is 0 Å². The summed E-state index contributed by atoms with van der Waals surface area (Å²) >= 11 is 0. The van der Waals surface area contributed by atoms with E-state index in [2.05, 4.69) is 46.8 Å². The first kappa shape index (κ1) is 18.5. The number of aliphatic imine (C=N–C) groups is 1. The van der Waals surface area contributed by atoms with Gasteiger partial charge in [-0.05, 0) is 25.3 Å². The van der Waals surface area contributed by atoms with E-state index in [4.69, 9.17) is 9.47 Å². The average molecular weight is 307 g/mol. The van der Waals surface area contributed by atoms with Crippen LogP contribution in [-0.4, -0.2) is 46.5 Å². The van der Waals surface area contributed by atoms with Crippen molar-refractivity contribution in [3.05, 3.63) is 35.4 Å². The normalized spacial score (nSPS) is 11.5. The molecule has 0 saturated heterocycles. The van der Waals surface area contributed by atoms with Crippen LogP contribution in [0.1, 0.15) is 24.0 Å². The molecule has 0 aliphatic carbocycles. The zero-order valence-corrected chi connectivity index (χ0v) is 14.0. The second-order valence-electron chi connectivity index (χ2n) is 5.15. The maximum Gasteiger partial charge on any atom is 0.191 e. The van der Waals surface area contributed by atoms with E-state index in [1.807, 2.05) is 0 Å². The first-order valence-electron chi connectivity index (χ1n) is 7.83. The predicted molar refractivity (Wildman–Crippen MR) is 91.3 cm³/mol. The Labute approximate surface area is 134 Å². The number of aryl methyl sites for hydroxylation is 1. The summed E-state index contributed by atoms with van der Waals surface area (Å²) in [6.45, 7) is 5.88. The van der Waals surface area contributed by atoms with Gasteiger partial charge in [-0.15, -0.1) is 0 Å². The van der Waals surface area contributed by atoms with Crippen LogP contribution in [0.15, 0.2) is 29.3 Å². The molecule has 0 bridgehead atoms. The monoisotopic (exact) mass is 307 g/mol. The van der Waals surface area contributed by atoms with Crippen LogP contribution in [0.3, 0.4) is 0 Å². The molecule has 0 spiro atoms. The van der Waals surface area contributed by atoms with E-state index in [1.54, 1.807) is 14.2 Å². The Balaban J connectivity index is 2.10. The summed E-state index contributed by atoms with van der Waals surface area (Å²) < 4.78 is 10.4. The summed E-state index contributed by atoms with van der Waals surface area (Å²) in [5.74, 6) is 0.835. The molecule has 0 heterocycles. The molecule has 1 aromatic carbocycles. The molecule has 1 rings (SSSR count). The number of hydrogen-bond donors (Lipinski definition) is 2. The third-order valence-corrected chi connectivity index (χ3v) is 3.21. The number of nitrogens with one attached hydrogen (secondary N) is 2. The van der Waals surface area contributed by atoms with Crippen molar-refractivity contribution < 1.29 is 9.47 Å². The highest BCUT2D eigenvalue weighted by Crippen LogP contribution is 2.03. The smallest absolute Gasteiger partial charge is 0.191 e. The second-order valence-corrected chi connectivity index (χ2v) is 5.15. The lowest BCUT2D eigenvalue weighted by Crippen LogP contribution is -2.37. The molecule has 5 heteroatoms. The maximum absolute atomic E-state index is 5.43. The van der Waals surface area contributed by atoms with E-state index < -0.39 is 0 Å². The zero-order chi connectivity index (χ0) is 16.0. The highest BCUT2D eigenvalue weighted by molar-refractivity contribution is 5.79. The number of guanidine groups is 1. The molecular formula is C17H29N3O2. The van der Waals surface area contributed by atoms with Crippen molar-refractivity contribution in [3.8, 4) is 0 Å². The molecule has 1 aromatic rings. The summed E-state index contributed by atoms with van der Waals surface area (Å²) in [7, 11) is 3.47. The molecule has 0 radical (unpaired) electrons. The molecule has 0 aromatic heterocycles. The number of unbranched alkanes of at least 4 members (excludes halogenated alkanes) is 1. The van der Waals surface area contributed by atoms with Crippen LogP contribution >= 0.6 is 0 Å². The van der Waals surface area contributed by atoms with Gasteiger partial charge in [0.05, 0.1) is 13.2 Å². The molecule has 0 amide bonds. The fraction of sp³-hybridized carbons (Fsp3) is 0.588. The van der Waals surface area contributed by atoms with Crippen LogP contribution < -0.4 is 10.6 Å². The van der Waals surface area contributed by atoms with E-state index >= 15 is 0 Å². The van der Waals surface area contributed by atoms with Gasteiger partial charge in [0.15, 0.2) is 5.96 Å². The minimum atomic E-state index is 0.660. The standard InChI is InChI=1S/C17H29N3O2/c1-15-7-6-8-16(13-15)14-20-17(18-2)19-9-4-5-10-22-12-11-21-3/h6-8,13H,4-5,9-12,14H2,1-3H3,(H2,18,19,20). The Kier molecular flexibility index (Phi) is 10.1. The van der Waals surface area contributed by atoms with Gasteiger partial charge in [0.2, 0.25) is 0 Å². The van der Waals surface area contributed by atoms with E-state index in [0.717, 1.165) is 38.5 Å². The number of methoxy groups -OCH3 is 1. The Morgan fingerprint density at radius 2 is 2.00 bits per heavy atom. The predicted octanol–water partition coefficient (Wildman–Crippen LogP) is 2.10. The van der Waals surface area contributed by atoms with Crippen molar-refractivity contribution in [2.75, 3.05) is 40.5 Å². The highest BCUT2D eigenvalue weighted by Gasteiger charge is 1.98. The molecular weight excluding hydrogens is 278 g/mol. The number of rotatable bonds is 10. The molecule has 22 heavy (non-hydrogen) atoms. The molecule has 0 aliphatic heterocycles. The lowest BCUT2D eigenvalue weighted by atomic mass is 10.1. The number of benzene rings is 1. The molecule has 0 unspecified atom stereocenters. The summed E-state index contributed by atoms with van der Waals surface area (Å²) in [6, 6.07) is 8.47. The number of ether oxygens (including phenoxy) is 2. The van der Waals surface area contributed by atoms with E-state index in [1.165, 1.54) is 11.1 Å². The Hall–Kier alpha value is -1.59. The van der Waals surface area contributed by atoms with Gasteiger partial charge in [0, 0.05) is 33.9 Å². The fourth-order valence-corrected chi connectivity index (χ4v) is 2.01. The average Bonchev–Trinajstić information content (AvgIpc) is 2.53. The quantitative estimate of drug-likeness (QED) is 0.395. The van der Waals surface area contributed by atoms with Gasteiger partial charge >= 0.3 is 0 Å². The third kappa shape index (κ3) is 8.64. The van der Waals surface area contributed by atoms with Crippen molar-refractivity contribution in [3.63, 3.8) is 0 Å². The first-order valence-corrected chi connectivity index (χ1v) is 7.83. The SMILES string of the molecule is CN=C(NCCCCOCCOC)NCc1cccc(C)c1. The van der Waals surface area contributed by atoms with Crippen LogP contribution in [0.4, 0.5) is 0 Å². The minimum absolute atomic E-state index is 0.660. The second kappa shape index (κ2) is 12.0. The molecule has 0 fully saturated rings. The van der Waals surface area contributed by atoms with Crippen LogP contribution in [0, 0.1) is 6.92 Å². The molecule has 5 nitrogen and oxygen atoms in total. The largest absolute Gasteiger partial charge is 0.382 e. The number of hydrogen-bond acceptors (Lipinski definition) is 3. The van der Waals surface area contributed by atoms with E-state index in [-0.39, 0.29) is 0 Å². The van der Waals surface area contributed by atoms with Crippen molar-refractivity contribution >= 4 is 5.96 Å². The summed E-state index contributed by atoms with van der Waals surface area (Å²) in [5.41, 5.74) is 2.53. The van der Waals surface area contributed by atoms with Crippen LogP contribution in [-0.2, 0) is 16.0 Å². The Bertz CT molecular complexity index is 436. The van der Waals surface area contributed by atoms with Crippen molar-refractivity contribution in [2.24, 2.45) is 4.99 Å². The molecule has 0 atom stereocenters. The molecule has 0 saturated carbocycles. The third-order valence-electron chi connectivity index (χ3n) is 3.21. The Morgan fingerprint density at radius 1 is 1.14 bits per heavy atom. The van der Waals surface area contributed by atoms with Gasteiger partial charge < -0.3 is 20.1 Å². The van der Waals surface area contributed by atoms with E-state index in [0.29, 0.717) is 13.2 Å². The van der Waals surface area contributed by atoms with Crippen LogP contribution in [0.2, 0.25) is 0 Å². The minimum Gasteiger partial charge on any atom is -0.382 e. The van der Waals surface area contributed by atoms with Gasteiger partial charge in [0.1, 0.15) is 0 Å². The summed E-state index contributed by atoms with van der Waals surface area (Å²) in [4.78, 5) is 4.23. The van der Waals surface area contributed by atoms with Crippen molar-refractivity contribution in [1.82, 2.24) is 10.6 Å². The first-order chi connectivity index (χ1) is 10.8. The fourth-order valence-electron chi connectivity index (χ4n) is 2.01. The lowest BCUT2D eigenvalue weighted by molar-refractivity contribution is 0.0689. The zero-order valence-electron chi connectivity index (χ0n) is 14.0. The Morgan fingerprint density at radius 3 is 2.73 bits per heavy atom. The van der Waals surface area contributed by atoms with Crippen molar-refractivity contribution in [2.45, 2.75) is 26.3 Å². The summed E-state index contributed by atoms with van der Waals surface area (Å²) in [5, 5.41) is 6.64. The van der Waals surface area contributed by atoms with E-state index in [9.17, 15) is 0 Å². The van der Waals surface area contributed by atoms with Gasteiger partial charge in [-0.1, -0.05) is 29.8 Å². The highest BCUT2D eigenvalue weighted by atomic mass is 16.5. The van der Waals surface area contributed by atoms with Gasteiger partial charge in [-0.2, -0.15) is 0 Å². The summed E-state index contributed by atoms with van der Waals surface area (Å²) in [6.07, 6.45) is 2.09. The molecule has 124 valence electrons. The number of nitrogens with zero attached hydrogens (tertiary/aromatic N) is 1. The molecule has 2 N–H and O–H groups in total. The van der Waals surface area contributed by atoms with Crippen molar-refractivity contribution in [1.29, 1.82) is 0 Å². The van der Waals surface area contributed by atoms with Crippen LogP contribution in [0.25, 0.3) is 0 Å². The van der Waals surface area contributed by atoms with Gasteiger partial charge in [0.25, 0.3) is 0 Å². The van der Waals surface area contributed by atoms with Gasteiger partial charge in [-0.25, -0.2) is 0 Å². The lowest BCUT2D eigenvalue weighted by Gasteiger charge is -2.12. The molecule has 0 aliphatic rings. The topological polar surface area (TPSA) is 54.9 Å². The maximum atomic E-state index is 5.43. The van der Waals surface area contributed by atoms with Gasteiger partial charge in [-0.3, -0.25) is 4.99 Å².